The van der Waals surface area contributed by atoms with E-state index in [1.807, 2.05) is 0 Å². The summed E-state index contributed by atoms with van der Waals surface area (Å²) in [5.41, 5.74) is 0. The van der Waals surface area contributed by atoms with Crippen LogP contribution in [0.25, 0.3) is 0 Å². The van der Waals surface area contributed by atoms with Crippen molar-refractivity contribution in [3.8, 4) is 0 Å². The van der Waals surface area contributed by atoms with Gasteiger partial charge in [-0.1, -0.05) is 26.7 Å². The van der Waals surface area contributed by atoms with Gasteiger partial charge in [0.15, 0.2) is 0 Å². The van der Waals surface area contributed by atoms with Crippen LogP contribution in [0.1, 0.15) is 39.5 Å². The van der Waals surface area contributed by atoms with E-state index in [4.69, 9.17) is 9.31 Å². The first-order chi connectivity index (χ1) is 5.81. The molecule has 72 valence electrons. The van der Waals surface area contributed by atoms with Gasteiger partial charge in [0, 0.05) is 13.2 Å². The molecule has 0 spiro atoms. The molecule has 0 aliphatic carbocycles. The van der Waals surface area contributed by atoms with Crippen molar-refractivity contribution < 1.29 is 9.31 Å². The molecule has 0 amide bonds. The van der Waals surface area contributed by atoms with Crippen molar-refractivity contribution in [2.75, 3.05) is 13.2 Å². The summed E-state index contributed by atoms with van der Waals surface area (Å²) in [6.07, 6.45) is 4.12. The van der Waals surface area contributed by atoms with E-state index in [-0.39, 0.29) is 6.40 Å². The Morgan fingerprint density at radius 1 is 1.00 bits per heavy atom. The largest absolute Gasteiger partial charge is 0.528 e. The van der Waals surface area contributed by atoms with Crippen LogP contribution in [-0.2, 0) is 9.31 Å². The Morgan fingerprint density at radius 3 is 1.75 bits per heavy atom. The number of unbranched alkanes of at least 4 members (excludes halogenated alkanes) is 2. The van der Waals surface area contributed by atoms with Crippen molar-refractivity contribution in [2.24, 2.45) is 0 Å². The van der Waals surface area contributed by atoms with Crippen LogP contribution >= 0.6 is 12.5 Å². The molecule has 0 unspecified atom stereocenters. The van der Waals surface area contributed by atoms with E-state index in [1.165, 1.54) is 0 Å². The van der Waals surface area contributed by atoms with Crippen molar-refractivity contribution in [1.29, 1.82) is 0 Å². The maximum absolute atomic E-state index is 5.27. The zero-order chi connectivity index (χ0) is 9.23. The third kappa shape index (κ3) is 8.43. The van der Waals surface area contributed by atoms with Crippen LogP contribution in [0.15, 0.2) is 0 Å². The quantitative estimate of drug-likeness (QED) is 0.360. The highest BCUT2D eigenvalue weighted by atomic mass is 32.1. The van der Waals surface area contributed by atoms with Crippen LogP contribution in [0.2, 0.25) is 0 Å². The summed E-state index contributed by atoms with van der Waals surface area (Å²) in [6, 6.07) is 0. The Balaban J connectivity index is 3.04. The van der Waals surface area contributed by atoms with Crippen LogP contribution in [0, 0.1) is 0 Å². The minimum Gasteiger partial charge on any atom is -0.402 e. The fourth-order valence-electron chi connectivity index (χ4n) is 0.705. The molecule has 2 nitrogen and oxygen atoms in total. The SMILES string of the molecule is CCCCOB(S)OCCCC. The van der Waals surface area contributed by atoms with E-state index in [9.17, 15) is 0 Å². The molecule has 0 aromatic heterocycles. The molecule has 0 N–H and O–H groups in total. The lowest BCUT2D eigenvalue weighted by atomic mass is 10.3. The van der Waals surface area contributed by atoms with Crippen LogP contribution < -0.4 is 0 Å². The van der Waals surface area contributed by atoms with Crippen molar-refractivity contribution in [1.82, 2.24) is 0 Å². The number of hydrogen-bond acceptors (Lipinski definition) is 3. The Labute approximate surface area is 81.5 Å². The minimum atomic E-state index is -0.330. The second-order valence-electron chi connectivity index (χ2n) is 2.76. The molecule has 0 aromatic rings. The van der Waals surface area contributed by atoms with Gasteiger partial charge in [0.1, 0.15) is 0 Å². The normalized spacial score (nSPS) is 10.2. The second-order valence-corrected chi connectivity index (χ2v) is 3.18. The van der Waals surface area contributed by atoms with Gasteiger partial charge in [0.2, 0.25) is 0 Å². The molecule has 4 heteroatoms. The molecule has 0 rings (SSSR count). The predicted molar refractivity (Wildman–Crippen MR) is 56.5 cm³/mol. The van der Waals surface area contributed by atoms with E-state index in [0.29, 0.717) is 0 Å². The monoisotopic (exact) mass is 190 g/mol. The summed E-state index contributed by atoms with van der Waals surface area (Å²) in [5.74, 6) is 0. The van der Waals surface area contributed by atoms with Crippen LogP contribution in [0.3, 0.4) is 0 Å². The van der Waals surface area contributed by atoms with E-state index in [1.54, 1.807) is 0 Å². The van der Waals surface area contributed by atoms with E-state index in [0.717, 1.165) is 38.9 Å². The number of rotatable bonds is 8. The summed E-state index contributed by atoms with van der Waals surface area (Å²) in [7, 11) is 0. The summed E-state index contributed by atoms with van der Waals surface area (Å²) in [5, 5.41) is 0. The minimum absolute atomic E-state index is 0.330. The predicted octanol–water partition coefficient (Wildman–Crippen LogP) is 2.53. The molecule has 0 heterocycles. The maximum Gasteiger partial charge on any atom is 0.528 e. The van der Waals surface area contributed by atoms with Crippen LogP contribution in [0.4, 0.5) is 0 Å². The van der Waals surface area contributed by atoms with Crippen molar-refractivity contribution in [3.05, 3.63) is 0 Å². The smallest absolute Gasteiger partial charge is 0.402 e. The Morgan fingerprint density at radius 2 is 1.42 bits per heavy atom. The van der Waals surface area contributed by atoms with Gasteiger partial charge in [-0.2, -0.15) is 12.5 Å². The molecule has 0 saturated carbocycles. The van der Waals surface area contributed by atoms with E-state index >= 15 is 0 Å². The summed E-state index contributed by atoms with van der Waals surface area (Å²) >= 11 is 4.13. The zero-order valence-electron chi connectivity index (χ0n) is 8.08. The standard InChI is InChI=1S/C8H19BO2S/c1-3-5-7-10-9(12)11-8-6-4-2/h12H,3-8H2,1-2H3. The van der Waals surface area contributed by atoms with Crippen LogP contribution in [0.5, 0.6) is 0 Å². The van der Waals surface area contributed by atoms with Gasteiger partial charge < -0.3 is 9.31 Å². The average molecular weight is 190 g/mol. The van der Waals surface area contributed by atoms with E-state index < -0.39 is 0 Å². The first-order valence-corrected chi connectivity index (χ1v) is 5.24. The fourth-order valence-corrected chi connectivity index (χ4v) is 0.916. The van der Waals surface area contributed by atoms with Crippen molar-refractivity contribution in [2.45, 2.75) is 39.5 Å². The fraction of sp³-hybridized carbons (Fsp3) is 1.00. The highest BCUT2D eigenvalue weighted by Gasteiger charge is 2.10. The number of hydrogen-bond donors (Lipinski definition) is 1. The molecule has 0 aromatic carbocycles. The molecular weight excluding hydrogens is 171 g/mol. The highest BCUT2D eigenvalue weighted by Crippen LogP contribution is 1.99. The summed E-state index contributed by atoms with van der Waals surface area (Å²) in [4.78, 5) is 0. The van der Waals surface area contributed by atoms with Gasteiger partial charge in [-0.3, -0.25) is 0 Å². The van der Waals surface area contributed by atoms with Gasteiger partial charge >= 0.3 is 6.40 Å². The molecule has 0 atom stereocenters. The molecule has 0 bridgehead atoms. The van der Waals surface area contributed by atoms with Crippen LogP contribution in [-0.4, -0.2) is 19.6 Å². The second kappa shape index (κ2) is 9.42. The Bertz CT molecular complexity index is 83.1. The third-order valence-corrected chi connectivity index (χ3v) is 1.81. The average Bonchev–Trinajstić information content (AvgIpc) is 2.06. The van der Waals surface area contributed by atoms with E-state index in [2.05, 4.69) is 26.3 Å². The molecule has 0 fully saturated rings. The van der Waals surface area contributed by atoms with Gasteiger partial charge in [-0.25, -0.2) is 0 Å². The summed E-state index contributed by atoms with van der Waals surface area (Å²) < 4.78 is 10.5. The maximum atomic E-state index is 5.27. The highest BCUT2D eigenvalue weighted by molar-refractivity contribution is 8.08. The van der Waals surface area contributed by atoms with Gasteiger partial charge in [0.05, 0.1) is 0 Å². The molecule has 0 aliphatic rings. The first-order valence-electron chi connectivity index (χ1n) is 4.72. The molecular formula is C8H19BO2S. The number of thiol groups is 1. The Kier molecular flexibility index (Phi) is 9.69. The zero-order valence-corrected chi connectivity index (χ0v) is 8.98. The van der Waals surface area contributed by atoms with Gasteiger partial charge in [-0.15, -0.1) is 0 Å². The lowest BCUT2D eigenvalue weighted by Crippen LogP contribution is -2.17. The molecule has 12 heavy (non-hydrogen) atoms. The summed E-state index contributed by atoms with van der Waals surface area (Å²) in [6.45, 7) is 5.76. The first kappa shape index (κ1) is 12.3. The lowest BCUT2D eigenvalue weighted by Gasteiger charge is -2.08. The molecule has 0 saturated heterocycles. The topological polar surface area (TPSA) is 18.5 Å². The Hall–Kier alpha value is 0.335. The lowest BCUT2D eigenvalue weighted by molar-refractivity contribution is 0.210. The third-order valence-electron chi connectivity index (χ3n) is 1.52. The van der Waals surface area contributed by atoms with Crippen molar-refractivity contribution in [3.63, 3.8) is 0 Å². The molecule has 0 aliphatic heterocycles. The van der Waals surface area contributed by atoms with Gasteiger partial charge in [-0.05, 0) is 12.8 Å². The molecule has 0 radical (unpaired) electrons. The van der Waals surface area contributed by atoms with Crippen molar-refractivity contribution >= 4 is 18.9 Å². The van der Waals surface area contributed by atoms with Gasteiger partial charge in [0.25, 0.3) is 0 Å².